The topological polar surface area (TPSA) is 41.1 Å². The van der Waals surface area contributed by atoms with E-state index in [1.807, 2.05) is 6.92 Å². The van der Waals surface area contributed by atoms with Gasteiger partial charge in [-0.2, -0.15) is 0 Å². The van der Waals surface area contributed by atoms with E-state index in [-0.39, 0.29) is 0 Å². The molecule has 4 heteroatoms. The molecule has 94 valence electrons. The molecule has 1 aliphatic heterocycles. The molecule has 1 N–H and O–H groups in total. The molecule has 0 saturated carbocycles. The Labute approximate surface area is 103 Å². The highest BCUT2D eigenvalue weighted by atomic mass is 15.5. The Balaban J connectivity index is 2.09. The first kappa shape index (κ1) is 12.3. The number of rotatable bonds is 3. The van der Waals surface area contributed by atoms with Gasteiger partial charge in [-0.25, -0.2) is 15.0 Å². The van der Waals surface area contributed by atoms with Crippen LogP contribution >= 0.6 is 0 Å². The molecular weight excluding hydrogens is 212 g/mol. The molecule has 1 aromatic heterocycles. The van der Waals surface area contributed by atoms with E-state index in [0.29, 0.717) is 5.92 Å². The van der Waals surface area contributed by atoms with Crippen LogP contribution in [0.1, 0.15) is 50.4 Å². The Morgan fingerprint density at radius 3 is 2.53 bits per heavy atom. The third-order valence-electron chi connectivity index (χ3n) is 3.08. The van der Waals surface area contributed by atoms with E-state index in [1.54, 1.807) is 0 Å². The predicted molar refractivity (Wildman–Crippen MR) is 69.9 cm³/mol. The Hall–Kier alpha value is -1.16. The number of piperidine rings is 1. The molecule has 0 radical (unpaired) electrons. The van der Waals surface area contributed by atoms with Crippen LogP contribution in [0.2, 0.25) is 0 Å². The van der Waals surface area contributed by atoms with Gasteiger partial charge in [-0.15, -0.1) is 0 Å². The fraction of sp³-hybridized carbons (Fsp3) is 0.692. The lowest BCUT2D eigenvalue weighted by atomic mass is 10.1. The van der Waals surface area contributed by atoms with Crippen LogP contribution in [-0.2, 0) is 0 Å². The summed E-state index contributed by atoms with van der Waals surface area (Å²) in [5, 5.41) is 2.22. The zero-order valence-corrected chi connectivity index (χ0v) is 11.0. The molecule has 0 amide bonds. The molecule has 1 saturated heterocycles. The quantitative estimate of drug-likeness (QED) is 0.873. The zero-order valence-electron chi connectivity index (χ0n) is 11.0. The van der Waals surface area contributed by atoms with Crippen LogP contribution in [0.4, 0.5) is 5.95 Å². The molecule has 1 aliphatic rings. The van der Waals surface area contributed by atoms with Crippen molar-refractivity contribution in [3.05, 3.63) is 17.5 Å². The molecule has 0 bridgehead atoms. The lowest BCUT2D eigenvalue weighted by molar-refractivity contribution is 0.271. The van der Waals surface area contributed by atoms with Gasteiger partial charge in [0.2, 0.25) is 5.95 Å². The third kappa shape index (κ3) is 3.40. The van der Waals surface area contributed by atoms with Crippen LogP contribution in [0, 0.1) is 6.92 Å². The smallest absolute Gasteiger partial charge is 0.237 e. The molecule has 0 unspecified atom stereocenters. The van der Waals surface area contributed by atoms with Crippen LogP contribution in [0.5, 0.6) is 0 Å². The van der Waals surface area contributed by atoms with Gasteiger partial charge >= 0.3 is 0 Å². The number of aryl methyl sites for hydroxylation is 1. The van der Waals surface area contributed by atoms with Crippen molar-refractivity contribution in [2.75, 3.05) is 18.5 Å². The summed E-state index contributed by atoms with van der Waals surface area (Å²) < 4.78 is 0. The monoisotopic (exact) mass is 234 g/mol. The molecule has 0 aliphatic carbocycles. The van der Waals surface area contributed by atoms with E-state index in [4.69, 9.17) is 0 Å². The fourth-order valence-corrected chi connectivity index (χ4v) is 2.09. The number of hydrogen-bond acceptors (Lipinski definition) is 4. The van der Waals surface area contributed by atoms with Crippen molar-refractivity contribution < 1.29 is 0 Å². The van der Waals surface area contributed by atoms with Crippen molar-refractivity contribution in [3.8, 4) is 0 Å². The van der Waals surface area contributed by atoms with Crippen LogP contribution in [-0.4, -0.2) is 28.1 Å². The summed E-state index contributed by atoms with van der Waals surface area (Å²) in [6.07, 6.45) is 3.86. The molecule has 0 spiro atoms. The maximum atomic E-state index is 4.56. The second kappa shape index (κ2) is 5.45. The van der Waals surface area contributed by atoms with Gasteiger partial charge in [-0.1, -0.05) is 20.3 Å². The maximum absolute atomic E-state index is 4.56. The molecule has 0 atom stereocenters. The van der Waals surface area contributed by atoms with Gasteiger partial charge in [0.25, 0.3) is 0 Å². The average molecular weight is 234 g/mol. The van der Waals surface area contributed by atoms with Crippen molar-refractivity contribution in [3.63, 3.8) is 0 Å². The lowest BCUT2D eigenvalue weighted by Crippen LogP contribution is -2.35. The first-order valence-electron chi connectivity index (χ1n) is 6.52. The number of aromatic nitrogens is 2. The van der Waals surface area contributed by atoms with Crippen molar-refractivity contribution in [1.29, 1.82) is 0 Å². The molecule has 2 rings (SSSR count). The third-order valence-corrected chi connectivity index (χ3v) is 3.08. The molecule has 17 heavy (non-hydrogen) atoms. The Morgan fingerprint density at radius 1 is 1.18 bits per heavy atom. The predicted octanol–water partition coefficient (Wildman–Crippen LogP) is 2.72. The van der Waals surface area contributed by atoms with Gasteiger partial charge in [-0.05, 0) is 31.7 Å². The van der Waals surface area contributed by atoms with Gasteiger partial charge in [0.1, 0.15) is 0 Å². The number of anilines is 1. The summed E-state index contributed by atoms with van der Waals surface area (Å²) in [6.45, 7) is 8.52. The molecule has 0 aromatic carbocycles. The Bertz CT molecular complexity index is 370. The summed E-state index contributed by atoms with van der Waals surface area (Å²) in [5.74, 6) is 1.19. The second-order valence-electron chi connectivity index (χ2n) is 5.07. The number of hydrogen-bond donors (Lipinski definition) is 1. The second-order valence-corrected chi connectivity index (χ2v) is 5.07. The SMILES string of the molecule is Cc1cc(C(C)C)nc(NN2CCCCC2)n1. The van der Waals surface area contributed by atoms with E-state index < -0.39 is 0 Å². The van der Waals surface area contributed by atoms with Crippen LogP contribution in [0.3, 0.4) is 0 Å². The number of nitrogens with one attached hydrogen (secondary N) is 1. The highest BCUT2D eigenvalue weighted by Crippen LogP contribution is 2.16. The summed E-state index contributed by atoms with van der Waals surface area (Å²) in [5.41, 5.74) is 5.47. The maximum Gasteiger partial charge on any atom is 0.237 e. The molecular formula is C13H22N4. The van der Waals surface area contributed by atoms with Crippen LogP contribution in [0.25, 0.3) is 0 Å². The van der Waals surface area contributed by atoms with E-state index >= 15 is 0 Å². The first-order valence-corrected chi connectivity index (χ1v) is 6.52. The number of nitrogens with zero attached hydrogens (tertiary/aromatic N) is 3. The van der Waals surface area contributed by atoms with Crippen molar-refractivity contribution in [2.45, 2.75) is 46.0 Å². The van der Waals surface area contributed by atoms with E-state index in [1.165, 1.54) is 19.3 Å². The molecule has 1 fully saturated rings. The standard InChI is InChI=1S/C13H22N4/c1-10(2)12-9-11(3)14-13(15-12)16-17-7-5-4-6-8-17/h9-10H,4-8H2,1-3H3,(H,14,15,16). The minimum absolute atomic E-state index is 0.443. The summed E-state index contributed by atoms with van der Waals surface area (Å²) in [6, 6.07) is 2.06. The van der Waals surface area contributed by atoms with Crippen molar-refractivity contribution in [2.24, 2.45) is 0 Å². The summed E-state index contributed by atoms with van der Waals surface area (Å²) in [4.78, 5) is 9.01. The van der Waals surface area contributed by atoms with Crippen LogP contribution < -0.4 is 5.43 Å². The van der Waals surface area contributed by atoms with Gasteiger partial charge in [0.15, 0.2) is 0 Å². The Morgan fingerprint density at radius 2 is 1.88 bits per heavy atom. The lowest BCUT2D eigenvalue weighted by Gasteiger charge is -2.27. The molecule has 1 aromatic rings. The zero-order chi connectivity index (χ0) is 12.3. The summed E-state index contributed by atoms with van der Waals surface area (Å²) in [7, 11) is 0. The summed E-state index contributed by atoms with van der Waals surface area (Å²) >= 11 is 0. The normalized spacial score (nSPS) is 17.4. The highest BCUT2D eigenvalue weighted by molar-refractivity contribution is 5.28. The van der Waals surface area contributed by atoms with Crippen molar-refractivity contribution >= 4 is 5.95 Å². The largest absolute Gasteiger partial charge is 0.287 e. The molecule has 2 heterocycles. The van der Waals surface area contributed by atoms with Gasteiger partial charge in [-0.3, -0.25) is 5.43 Å². The Kier molecular flexibility index (Phi) is 3.94. The van der Waals surface area contributed by atoms with Gasteiger partial charge in [0.05, 0.1) is 0 Å². The highest BCUT2D eigenvalue weighted by Gasteiger charge is 2.12. The van der Waals surface area contributed by atoms with E-state index in [0.717, 1.165) is 30.4 Å². The minimum atomic E-state index is 0.443. The average Bonchev–Trinajstić information content (AvgIpc) is 2.29. The van der Waals surface area contributed by atoms with Crippen molar-refractivity contribution in [1.82, 2.24) is 15.0 Å². The number of hydrazine groups is 1. The van der Waals surface area contributed by atoms with Crippen LogP contribution in [0.15, 0.2) is 6.07 Å². The molecule has 4 nitrogen and oxygen atoms in total. The fourth-order valence-electron chi connectivity index (χ4n) is 2.09. The van der Waals surface area contributed by atoms with Gasteiger partial charge < -0.3 is 0 Å². The van der Waals surface area contributed by atoms with E-state index in [9.17, 15) is 0 Å². The first-order chi connectivity index (χ1) is 8.15. The van der Waals surface area contributed by atoms with E-state index in [2.05, 4.69) is 40.3 Å². The minimum Gasteiger partial charge on any atom is -0.287 e. The van der Waals surface area contributed by atoms with Gasteiger partial charge in [0, 0.05) is 24.5 Å².